The summed E-state index contributed by atoms with van der Waals surface area (Å²) in [6.07, 6.45) is 6.82. The number of ether oxygens (including phenoxy) is 1. The summed E-state index contributed by atoms with van der Waals surface area (Å²) in [5.74, 6) is 2.38. The molecule has 3 unspecified atom stereocenters. The van der Waals surface area contributed by atoms with Gasteiger partial charge in [-0.15, -0.1) is 6.42 Å². The van der Waals surface area contributed by atoms with E-state index in [1.54, 1.807) is 14.1 Å². The predicted octanol–water partition coefficient (Wildman–Crippen LogP) is 0.963. The third kappa shape index (κ3) is 4.00. The molecule has 1 saturated carbocycles. The Kier molecular flexibility index (Phi) is 5.59. The van der Waals surface area contributed by atoms with Crippen LogP contribution in [0.3, 0.4) is 0 Å². The van der Waals surface area contributed by atoms with Crippen LogP contribution >= 0.6 is 0 Å². The molecule has 0 heterocycles. The topological polar surface area (TPSA) is 71.0 Å². The van der Waals surface area contributed by atoms with E-state index < -0.39 is 6.04 Å². The zero-order chi connectivity index (χ0) is 13.5. The Labute approximate surface area is 107 Å². The molecule has 0 radical (unpaired) electrons. The summed E-state index contributed by atoms with van der Waals surface area (Å²) < 4.78 is 5.38. The lowest BCUT2D eigenvalue weighted by Crippen LogP contribution is -2.47. The van der Waals surface area contributed by atoms with Gasteiger partial charge in [0.2, 0.25) is 0 Å². The van der Waals surface area contributed by atoms with Gasteiger partial charge in [0.15, 0.2) is 0 Å². The second-order valence-corrected chi connectivity index (χ2v) is 4.58. The SMILES string of the molecule is C#CCOC1CCC(NC(=O)N(C)C)CC1N=O. The van der Waals surface area contributed by atoms with Crippen LogP contribution in [0.2, 0.25) is 0 Å². The van der Waals surface area contributed by atoms with Crippen LogP contribution in [-0.4, -0.2) is 49.8 Å². The molecule has 1 aliphatic carbocycles. The molecule has 6 nitrogen and oxygen atoms in total. The molecule has 1 N–H and O–H groups in total. The third-order valence-electron chi connectivity index (χ3n) is 3.00. The number of urea groups is 1. The van der Waals surface area contributed by atoms with E-state index in [0.717, 1.165) is 6.42 Å². The average molecular weight is 253 g/mol. The first-order chi connectivity index (χ1) is 8.58. The van der Waals surface area contributed by atoms with Gasteiger partial charge in [-0.2, -0.15) is 4.91 Å². The number of carbonyl (C=O) groups is 1. The zero-order valence-electron chi connectivity index (χ0n) is 10.8. The number of nitrogens with one attached hydrogen (secondary N) is 1. The van der Waals surface area contributed by atoms with Gasteiger partial charge in [-0.3, -0.25) is 0 Å². The van der Waals surface area contributed by atoms with Gasteiger partial charge in [-0.25, -0.2) is 4.79 Å². The summed E-state index contributed by atoms with van der Waals surface area (Å²) in [5.41, 5.74) is 0. The van der Waals surface area contributed by atoms with Gasteiger partial charge >= 0.3 is 6.03 Å². The average Bonchev–Trinajstić information content (AvgIpc) is 2.36. The highest BCUT2D eigenvalue weighted by molar-refractivity contribution is 5.73. The maximum atomic E-state index is 11.5. The molecule has 1 rings (SSSR count). The van der Waals surface area contributed by atoms with Gasteiger partial charge in [0, 0.05) is 20.1 Å². The van der Waals surface area contributed by atoms with Crippen molar-refractivity contribution < 1.29 is 9.53 Å². The van der Waals surface area contributed by atoms with Gasteiger partial charge in [0.25, 0.3) is 0 Å². The molecular weight excluding hydrogens is 234 g/mol. The molecule has 0 aromatic carbocycles. The Morgan fingerprint density at radius 1 is 1.56 bits per heavy atom. The monoisotopic (exact) mass is 253 g/mol. The largest absolute Gasteiger partial charge is 0.363 e. The summed E-state index contributed by atoms with van der Waals surface area (Å²) in [6.45, 7) is 0.186. The van der Waals surface area contributed by atoms with Crippen LogP contribution in [-0.2, 0) is 4.74 Å². The molecule has 0 aromatic heterocycles. The van der Waals surface area contributed by atoms with Crippen molar-refractivity contribution >= 4 is 6.03 Å². The van der Waals surface area contributed by atoms with E-state index in [1.807, 2.05) is 0 Å². The van der Waals surface area contributed by atoms with Crippen molar-refractivity contribution in [3.05, 3.63) is 4.91 Å². The normalized spacial score (nSPS) is 27.1. The molecule has 3 atom stereocenters. The molecule has 0 aromatic rings. The number of carbonyl (C=O) groups excluding carboxylic acids is 1. The third-order valence-corrected chi connectivity index (χ3v) is 3.00. The van der Waals surface area contributed by atoms with E-state index in [2.05, 4.69) is 16.4 Å². The van der Waals surface area contributed by atoms with Crippen LogP contribution < -0.4 is 5.32 Å². The van der Waals surface area contributed by atoms with Crippen molar-refractivity contribution in [2.45, 2.75) is 37.5 Å². The highest BCUT2D eigenvalue weighted by Crippen LogP contribution is 2.24. The second-order valence-electron chi connectivity index (χ2n) is 4.58. The van der Waals surface area contributed by atoms with E-state index >= 15 is 0 Å². The Morgan fingerprint density at radius 3 is 2.83 bits per heavy atom. The predicted molar refractivity (Wildman–Crippen MR) is 68.0 cm³/mol. The second kappa shape index (κ2) is 6.97. The van der Waals surface area contributed by atoms with Gasteiger partial charge in [0.1, 0.15) is 12.6 Å². The summed E-state index contributed by atoms with van der Waals surface area (Å²) in [7, 11) is 3.35. The van der Waals surface area contributed by atoms with E-state index in [4.69, 9.17) is 11.2 Å². The summed E-state index contributed by atoms with van der Waals surface area (Å²) in [6, 6.07) is -0.638. The Balaban J connectivity index is 2.48. The lowest BCUT2D eigenvalue weighted by molar-refractivity contribution is 0.0283. The molecular formula is C12H19N3O3. The number of terminal acetylenes is 1. The van der Waals surface area contributed by atoms with Crippen LogP contribution in [0.15, 0.2) is 5.18 Å². The molecule has 0 spiro atoms. The van der Waals surface area contributed by atoms with Gasteiger partial charge in [0.05, 0.1) is 6.10 Å². The molecule has 6 heteroatoms. The zero-order valence-corrected chi connectivity index (χ0v) is 10.8. The van der Waals surface area contributed by atoms with Crippen molar-refractivity contribution in [1.82, 2.24) is 10.2 Å². The first kappa shape index (κ1) is 14.5. The minimum Gasteiger partial charge on any atom is -0.363 e. The number of amides is 2. The number of nitrogens with zero attached hydrogens (tertiary/aromatic N) is 2. The molecule has 100 valence electrons. The number of hydrogen-bond acceptors (Lipinski definition) is 4. The Bertz CT molecular complexity index is 338. The lowest BCUT2D eigenvalue weighted by Gasteiger charge is -2.32. The Morgan fingerprint density at radius 2 is 2.28 bits per heavy atom. The summed E-state index contributed by atoms with van der Waals surface area (Å²) >= 11 is 0. The number of hydrogen-bond donors (Lipinski definition) is 1. The molecule has 0 aliphatic heterocycles. The molecule has 2 amide bonds. The van der Waals surface area contributed by atoms with E-state index in [1.165, 1.54) is 4.90 Å². The van der Waals surface area contributed by atoms with Crippen molar-refractivity contribution in [1.29, 1.82) is 0 Å². The number of rotatable bonds is 4. The maximum Gasteiger partial charge on any atom is 0.317 e. The van der Waals surface area contributed by atoms with Crippen molar-refractivity contribution in [3.63, 3.8) is 0 Å². The maximum absolute atomic E-state index is 11.5. The van der Waals surface area contributed by atoms with Crippen LogP contribution in [0.25, 0.3) is 0 Å². The lowest BCUT2D eigenvalue weighted by atomic mass is 9.89. The molecule has 1 fully saturated rings. The van der Waals surface area contributed by atoms with Crippen LogP contribution in [0.1, 0.15) is 19.3 Å². The minimum absolute atomic E-state index is 0.0340. The van der Waals surface area contributed by atoms with Crippen molar-refractivity contribution in [3.8, 4) is 12.3 Å². The fourth-order valence-corrected chi connectivity index (χ4v) is 2.01. The number of nitroso groups, excluding NO2 is 1. The van der Waals surface area contributed by atoms with E-state index in [-0.39, 0.29) is 24.8 Å². The standard InChI is InChI=1S/C12H19N3O3/c1-4-7-18-11-6-5-9(8-10(11)14-17)13-12(16)15(2)3/h1,9-11H,5-8H2,2-3H3,(H,13,16). The van der Waals surface area contributed by atoms with Gasteiger partial charge < -0.3 is 15.0 Å². The van der Waals surface area contributed by atoms with Crippen LogP contribution in [0.4, 0.5) is 4.79 Å². The first-order valence-electron chi connectivity index (χ1n) is 5.93. The van der Waals surface area contributed by atoms with Gasteiger partial charge in [-0.1, -0.05) is 11.1 Å². The van der Waals surface area contributed by atoms with Gasteiger partial charge in [-0.05, 0) is 19.3 Å². The quantitative estimate of drug-likeness (QED) is 0.599. The first-order valence-corrected chi connectivity index (χ1v) is 5.93. The Hall–Kier alpha value is -1.61. The minimum atomic E-state index is -0.445. The molecule has 18 heavy (non-hydrogen) atoms. The van der Waals surface area contributed by atoms with Crippen molar-refractivity contribution in [2.75, 3.05) is 20.7 Å². The van der Waals surface area contributed by atoms with Crippen LogP contribution in [0.5, 0.6) is 0 Å². The molecule has 1 aliphatic rings. The van der Waals surface area contributed by atoms with Crippen LogP contribution in [0, 0.1) is 17.3 Å². The highest BCUT2D eigenvalue weighted by Gasteiger charge is 2.33. The summed E-state index contributed by atoms with van der Waals surface area (Å²) in [4.78, 5) is 23.8. The molecule has 0 bridgehead atoms. The van der Waals surface area contributed by atoms with Crippen molar-refractivity contribution in [2.24, 2.45) is 5.18 Å². The van der Waals surface area contributed by atoms with E-state index in [0.29, 0.717) is 12.8 Å². The fraction of sp³-hybridized carbons (Fsp3) is 0.750. The summed E-state index contributed by atoms with van der Waals surface area (Å²) in [5, 5.41) is 5.93. The molecule has 0 saturated heterocycles. The van der Waals surface area contributed by atoms with E-state index in [9.17, 15) is 9.70 Å². The smallest absolute Gasteiger partial charge is 0.317 e. The fourth-order valence-electron chi connectivity index (χ4n) is 2.01. The highest BCUT2D eigenvalue weighted by atomic mass is 16.5.